The van der Waals surface area contributed by atoms with Crippen LogP contribution in [0.15, 0.2) is 42.6 Å². The van der Waals surface area contributed by atoms with Crippen LogP contribution in [0.25, 0.3) is 0 Å². The molecule has 2 saturated heterocycles. The summed E-state index contributed by atoms with van der Waals surface area (Å²) in [6, 6.07) is 13.7. The Hall–Kier alpha value is -2.78. The van der Waals surface area contributed by atoms with Gasteiger partial charge in [-0.15, -0.1) is 0 Å². The third-order valence-corrected chi connectivity index (χ3v) is 6.27. The zero-order valence-electron chi connectivity index (χ0n) is 17.0. The van der Waals surface area contributed by atoms with Crippen molar-refractivity contribution < 1.29 is 4.79 Å². The van der Waals surface area contributed by atoms with Gasteiger partial charge in [-0.25, -0.2) is 4.98 Å². The highest BCUT2D eigenvalue weighted by atomic mass is 35.5. The van der Waals surface area contributed by atoms with Gasteiger partial charge < -0.3 is 14.7 Å². The van der Waals surface area contributed by atoms with Crippen molar-refractivity contribution in [3.63, 3.8) is 0 Å². The van der Waals surface area contributed by atoms with Crippen LogP contribution in [0.2, 0.25) is 5.02 Å². The highest BCUT2D eigenvalue weighted by molar-refractivity contribution is 6.30. The molecule has 0 saturated carbocycles. The van der Waals surface area contributed by atoms with Gasteiger partial charge in [0.2, 0.25) is 5.91 Å². The van der Waals surface area contributed by atoms with E-state index in [0.717, 1.165) is 70.0 Å². The van der Waals surface area contributed by atoms with E-state index < -0.39 is 0 Å². The molecule has 0 aliphatic carbocycles. The Morgan fingerprint density at radius 1 is 0.967 bits per heavy atom. The molecule has 0 atom stereocenters. The standard InChI is InChI=1S/C23H26ClN5O/c24-20-4-7-22(26-17-20)28-12-8-19(9-13-28)23(30)29-11-1-10-27(14-15-29)21-5-2-18(16-25)3-6-21/h2-7,17,19H,1,8-15H2. The van der Waals surface area contributed by atoms with E-state index >= 15 is 0 Å². The van der Waals surface area contributed by atoms with Crippen LogP contribution in [0.4, 0.5) is 11.5 Å². The van der Waals surface area contributed by atoms with Crippen LogP contribution in [0.1, 0.15) is 24.8 Å². The Bertz CT molecular complexity index is 901. The molecular formula is C23H26ClN5O. The molecule has 1 aromatic heterocycles. The monoisotopic (exact) mass is 423 g/mol. The Balaban J connectivity index is 1.31. The third-order valence-electron chi connectivity index (χ3n) is 6.05. The van der Waals surface area contributed by atoms with E-state index in [1.807, 2.05) is 41.3 Å². The molecule has 1 aromatic carbocycles. The molecule has 7 heteroatoms. The minimum Gasteiger partial charge on any atom is -0.370 e. The molecule has 0 unspecified atom stereocenters. The van der Waals surface area contributed by atoms with Gasteiger partial charge in [0, 0.05) is 57.1 Å². The second kappa shape index (κ2) is 9.36. The van der Waals surface area contributed by atoms with Crippen molar-refractivity contribution in [3.8, 4) is 6.07 Å². The van der Waals surface area contributed by atoms with Gasteiger partial charge in [-0.2, -0.15) is 5.26 Å². The van der Waals surface area contributed by atoms with Crippen LogP contribution in [-0.2, 0) is 4.79 Å². The van der Waals surface area contributed by atoms with Gasteiger partial charge in [0.1, 0.15) is 5.82 Å². The van der Waals surface area contributed by atoms with Crippen molar-refractivity contribution in [2.45, 2.75) is 19.3 Å². The van der Waals surface area contributed by atoms with Crippen LogP contribution < -0.4 is 9.80 Å². The van der Waals surface area contributed by atoms with Gasteiger partial charge in [-0.3, -0.25) is 4.79 Å². The van der Waals surface area contributed by atoms with Crippen LogP contribution in [0.3, 0.4) is 0 Å². The summed E-state index contributed by atoms with van der Waals surface area (Å²) in [5.74, 6) is 1.31. The van der Waals surface area contributed by atoms with Gasteiger partial charge in [0.15, 0.2) is 0 Å². The Morgan fingerprint density at radius 3 is 2.40 bits per heavy atom. The average Bonchev–Trinajstić information content (AvgIpc) is 3.06. The number of anilines is 2. The largest absolute Gasteiger partial charge is 0.370 e. The van der Waals surface area contributed by atoms with Crippen LogP contribution >= 0.6 is 11.6 Å². The number of carbonyl (C=O) groups excluding carboxylic acids is 1. The molecule has 0 bridgehead atoms. The lowest BCUT2D eigenvalue weighted by Gasteiger charge is -2.34. The first kappa shape index (κ1) is 20.5. The van der Waals surface area contributed by atoms with Crippen LogP contribution in [0.5, 0.6) is 0 Å². The Morgan fingerprint density at radius 2 is 1.73 bits per heavy atom. The first-order chi connectivity index (χ1) is 14.6. The zero-order valence-corrected chi connectivity index (χ0v) is 17.8. The molecule has 3 heterocycles. The molecule has 2 fully saturated rings. The predicted molar refractivity (Wildman–Crippen MR) is 119 cm³/mol. The van der Waals surface area contributed by atoms with E-state index in [0.29, 0.717) is 16.5 Å². The third kappa shape index (κ3) is 4.68. The molecular weight excluding hydrogens is 398 g/mol. The van der Waals surface area contributed by atoms with Crippen molar-refractivity contribution in [3.05, 3.63) is 53.2 Å². The summed E-state index contributed by atoms with van der Waals surface area (Å²) in [7, 11) is 0. The van der Waals surface area contributed by atoms with E-state index in [4.69, 9.17) is 16.9 Å². The summed E-state index contributed by atoms with van der Waals surface area (Å²) in [5, 5.41) is 9.61. The van der Waals surface area contributed by atoms with Crippen LogP contribution in [0, 0.1) is 17.2 Å². The quantitative estimate of drug-likeness (QED) is 0.755. The number of carbonyl (C=O) groups is 1. The van der Waals surface area contributed by atoms with E-state index in [-0.39, 0.29) is 5.92 Å². The van der Waals surface area contributed by atoms with Crippen LogP contribution in [-0.4, -0.2) is 55.1 Å². The maximum Gasteiger partial charge on any atom is 0.225 e. The molecule has 0 N–H and O–H groups in total. The number of benzene rings is 1. The van der Waals surface area contributed by atoms with Crippen molar-refractivity contribution in [1.29, 1.82) is 5.26 Å². The highest BCUT2D eigenvalue weighted by Crippen LogP contribution is 2.25. The molecule has 0 radical (unpaired) electrons. The smallest absolute Gasteiger partial charge is 0.225 e. The van der Waals surface area contributed by atoms with E-state index in [1.165, 1.54) is 0 Å². The Labute approximate surface area is 182 Å². The fourth-order valence-corrected chi connectivity index (χ4v) is 4.42. The van der Waals surface area contributed by atoms with E-state index in [1.54, 1.807) is 6.20 Å². The number of piperidine rings is 1. The van der Waals surface area contributed by atoms with Gasteiger partial charge >= 0.3 is 0 Å². The average molecular weight is 424 g/mol. The second-order valence-corrected chi connectivity index (χ2v) is 8.36. The summed E-state index contributed by atoms with van der Waals surface area (Å²) < 4.78 is 0. The van der Waals surface area contributed by atoms with Crippen molar-refractivity contribution in [1.82, 2.24) is 9.88 Å². The summed E-state index contributed by atoms with van der Waals surface area (Å²) in [6.45, 7) is 5.00. The number of hydrogen-bond donors (Lipinski definition) is 0. The summed E-state index contributed by atoms with van der Waals surface area (Å²) in [4.78, 5) is 24.1. The lowest BCUT2D eigenvalue weighted by Crippen LogP contribution is -2.44. The van der Waals surface area contributed by atoms with Crippen molar-refractivity contribution >= 4 is 29.0 Å². The number of rotatable bonds is 3. The van der Waals surface area contributed by atoms with Gasteiger partial charge in [0.05, 0.1) is 16.7 Å². The fraction of sp³-hybridized carbons (Fsp3) is 0.435. The summed E-state index contributed by atoms with van der Waals surface area (Å²) in [6.07, 6.45) is 4.35. The molecule has 2 aliphatic rings. The van der Waals surface area contributed by atoms with Gasteiger partial charge in [-0.1, -0.05) is 11.6 Å². The fourth-order valence-electron chi connectivity index (χ4n) is 4.31. The lowest BCUT2D eigenvalue weighted by molar-refractivity contribution is -0.135. The number of pyridine rings is 1. The molecule has 1 amide bonds. The normalized spacial score (nSPS) is 18.1. The van der Waals surface area contributed by atoms with Gasteiger partial charge in [0.25, 0.3) is 0 Å². The minimum absolute atomic E-state index is 0.0926. The SMILES string of the molecule is N#Cc1ccc(N2CCCN(C(=O)C3CCN(c4ccc(Cl)cn4)CC3)CC2)cc1. The Kier molecular flexibility index (Phi) is 6.39. The highest BCUT2D eigenvalue weighted by Gasteiger charge is 2.30. The first-order valence-electron chi connectivity index (χ1n) is 10.5. The number of aromatic nitrogens is 1. The lowest BCUT2D eigenvalue weighted by atomic mass is 9.95. The molecule has 156 valence electrons. The summed E-state index contributed by atoms with van der Waals surface area (Å²) >= 11 is 5.93. The van der Waals surface area contributed by atoms with E-state index in [2.05, 4.69) is 20.9 Å². The second-order valence-electron chi connectivity index (χ2n) is 7.92. The maximum atomic E-state index is 13.1. The molecule has 2 aliphatic heterocycles. The van der Waals surface area contributed by atoms with Gasteiger partial charge in [-0.05, 0) is 55.7 Å². The molecule has 2 aromatic rings. The topological polar surface area (TPSA) is 63.5 Å². The number of halogens is 1. The number of hydrogen-bond acceptors (Lipinski definition) is 5. The van der Waals surface area contributed by atoms with E-state index in [9.17, 15) is 4.79 Å². The van der Waals surface area contributed by atoms with Crippen molar-refractivity contribution in [2.24, 2.45) is 5.92 Å². The minimum atomic E-state index is 0.0926. The predicted octanol–water partition coefficient (Wildman–Crippen LogP) is 3.56. The molecule has 6 nitrogen and oxygen atoms in total. The number of amides is 1. The maximum absolute atomic E-state index is 13.1. The zero-order chi connectivity index (χ0) is 20.9. The summed E-state index contributed by atoms with van der Waals surface area (Å²) in [5.41, 5.74) is 1.79. The molecule has 0 spiro atoms. The number of nitrogens with zero attached hydrogens (tertiary/aromatic N) is 5. The van der Waals surface area contributed by atoms with Crippen molar-refractivity contribution in [2.75, 3.05) is 49.1 Å². The number of nitriles is 1. The molecule has 4 rings (SSSR count). The first-order valence-corrected chi connectivity index (χ1v) is 10.9. The molecule has 30 heavy (non-hydrogen) atoms.